The smallest absolute Gasteiger partial charge is 0.412 e. The maximum atomic E-state index is 13.1. The van der Waals surface area contributed by atoms with Gasteiger partial charge in [0.05, 0.1) is 16.8 Å². The van der Waals surface area contributed by atoms with E-state index in [0.29, 0.717) is 16.7 Å². The van der Waals surface area contributed by atoms with Crippen LogP contribution in [0.4, 0.5) is 24.7 Å². The quantitative estimate of drug-likeness (QED) is 0.764. The predicted molar refractivity (Wildman–Crippen MR) is 91.0 cm³/mol. The van der Waals surface area contributed by atoms with Crippen LogP contribution in [0.25, 0.3) is 10.9 Å². The molecule has 1 heterocycles. The molecule has 0 fully saturated rings. The van der Waals surface area contributed by atoms with Gasteiger partial charge in [0.2, 0.25) is 0 Å². The summed E-state index contributed by atoms with van der Waals surface area (Å²) in [7, 11) is 0. The van der Waals surface area contributed by atoms with Gasteiger partial charge in [-0.05, 0) is 49.2 Å². The minimum absolute atomic E-state index is 0. The fraction of sp³-hybridized carbons (Fsp3) is 0.176. The molecule has 0 spiro atoms. The number of benzene rings is 2. The summed E-state index contributed by atoms with van der Waals surface area (Å²) < 4.78 is 39.3. The average Bonchev–Trinajstić information content (AvgIpc) is 2.49. The summed E-state index contributed by atoms with van der Waals surface area (Å²) in [5, 5.41) is 3.49. The molecule has 0 saturated heterocycles. The van der Waals surface area contributed by atoms with Crippen molar-refractivity contribution in [1.82, 2.24) is 9.97 Å². The normalized spacial score (nSPS) is 10.8. The zero-order valence-corrected chi connectivity index (χ0v) is 13.6. The van der Waals surface area contributed by atoms with E-state index < -0.39 is 11.7 Å². The third-order valence-corrected chi connectivity index (χ3v) is 3.74. The SMILES string of the molecule is Cc1cc2ncnc(Nc3ccccc3C(F)(F)F)c2cc1C.O.O. The molecule has 134 valence electrons. The highest BCUT2D eigenvalue weighted by molar-refractivity contribution is 5.91. The Hall–Kier alpha value is -2.71. The van der Waals surface area contributed by atoms with Crippen LogP contribution in [0.1, 0.15) is 16.7 Å². The number of para-hydroxylation sites is 1. The molecule has 0 aliphatic heterocycles. The van der Waals surface area contributed by atoms with Crippen LogP contribution in [0.5, 0.6) is 0 Å². The maximum Gasteiger partial charge on any atom is 0.418 e. The van der Waals surface area contributed by atoms with Gasteiger partial charge >= 0.3 is 6.18 Å². The van der Waals surface area contributed by atoms with Gasteiger partial charge in [-0.25, -0.2) is 9.97 Å². The van der Waals surface area contributed by atoms with Crippen LogP contribution in [-0.2, 0) is 6.18 Å². The molecule has 2 aromatic carbocycles. The molecule has 5 N–H and O–H groups in total. The largest absolute Gasteiger partial charge is 0.418 e. The minimum Gasteiger partial charge on any atom is -0.412 e. The summed E-state index contributed by atoms with van der Waals surface area (Å²) in [5.74, 6) is 0.356. The van der Waals surface area contributed by atoms with Crippen molar-refractivity contribution in [3.8, 4) is 0 Å². The molecule has 5 nitrogen and oxygen atoms in total. The lowest BCUT2D eigenvalue weighted by Gasteiger charge is -2.15. The monoisotopic (exact) mass is 353 g/mol. The molecule has 25 heavy (non-hydrogen) atoms. The van der Waals surface area contributed by atoms with Crippen LogP contribution in [-0.4, -0.2) is 20.9 Å². The van der Waals surface area contributed by atoms with Gasteiger partial charge < -0.3 is 16.3 Å². The van der Waals surface area contributed by atoms with E-state index in [1.807, 2.05) is 26.0 Å². The Morgan fingerprint density at radius 2 is 1.56 bits per heavy atom. The Labute approximate surface area is 142 Å². The molecule has 0 unspecified atom stereocenters. The van der Waals surface area contributed by atoms with Crippen LogP contribution in [0.2, 0.25) is 0 Å². The van der Waals surface area contributed by atoms with E-state index in [0.717, 1.165) is 17.2 Å². The predicted octanol–water partition coefficient (Wildman–Crippen LogP) is 3.36. The van der Waals surface area contributed by atoms with Crippen molar-refractivity contribution in [2.45, 2.75) is 20.0 Å². The van der Waals surface area contributed by atoms with Crippen molar-refractivity contribution < 1.29 is 24.1 Å². The van der Waals surface area contributed by atoms with E-state index in [2.05, 4.69) is 15.3 Å². The average molecular weight is 353 g/mol. The Bertz CT molecular complexity index is 883. The summed E-state index contributed by atoms with van der Waals surface area (Å²) in [6, 6.07) is 9.12. The number of fused-ring (bicyclic) bond motifs is 1. The van der Waals surface area contributed by atoms with Gasteiger partial charge in [0, 0.05) is 5.39 Å². The number of nitrogens with zero attached hydrogens (tertiary/aromatic N) is 2. The minimum atomic E-state index is -4.43. The number of rotatable bonds is 2. The van der Waals surface area contributed by atoms with Gasteiger partial charge in [-0.1, -0.05) is 12.1 Å². The van der Waals surface area contributed by atoms with Gasteiger partial charge in [-0.3, -0.25) is 0 Å². The van der Waals surface area contributed by atoms with Crippen LogP contribution in [0, 0.1) is 13.8 Å². The number of anilines is 2. The van der Waals surface area contributed by atoms with E-state index in [1.54, 1.807) is 6.07 Å². The summed E-state index contributed by atoms with van der Waals surface area (Å²) in [5.41, 5.74) is 2.03. The first-order chi connectivity index (χ1) is 10.9. The number of hydrogen-bond acceptors (Lipinski definition) is 3. The summed E-state index contributed by atoms with van der Waals surface area (Å²) in [4.78, 5) is 8.29. The second kappa shape index (κ2) is 7.45. The molecule has 0 aliphatic rings. The lowest BCUT2D eigenvalue weighted by molar-refractivity contribution is -0.136. The number of nitrogens with one attached hydrogen (secondary N) is 1. The Morgan fingerprint density at radius 1 is 0.920 bits per heavy atom. The van der Waals surface area contributed by atoms with Crippen LogP contribution in [0.15, 0.2) is 42.7 Å². The first kappa shape index (κ1) is 20.3. The Morgan fingerprint density at radius 3 is 2.24 bits per heavy atom. The van der Waals surface area contributed by atoms with Gasteiger partial charge in [-0.15, -0.1) is 0 Å². The molecular formula is C17H18F3N3O2. The topological polar surface area (TPSA) is 101 Å². The summed E-state index contributed by atoms with van der Waals surface area (Å²) >= 11 is 0. The molecule has 8 heteroatoms. The summed E-state index contributed by atoms with van der Waals surface area (Å²) in [6.45, 7) is 3.90. The first-order valence-electron chi connectivity index (χ1n) is 7.01. The number of aryl methyl sites for hydroxylation is 2. The van der Waals surface area contributed by atoms with Crippen molar-refractivity contribution in [2.75, 3.05) is 5.32 Å². The molecule has 3 aromatic rings. The molecule has 0 atom stereocenters. The molecule has 0 amide bonds. The third-order valence-electron chi connectivity index (χ3n) is 3.74. The van der Waals surface area contributed by atoms with Gasteiger partial charge in [0.25, 0.3) is 0 Å². The number of hydrogen-bond donors (Lipinski definition) is 1. The van der Waals surface area contributed by atoms with E-state index in [-0.39, 0.29) is 16.6 Å². The highest BCUT2D eigenvalue weighted by Gasteiger charge is 2.33. The number of alkyl halides is 3. The lowest BCUT2D eigenvalue weighted by atomic mass is 10.1. The number of aromatic nitrogens is 2. The lowest BCUT2D eigenvalue weighted by Crippen LogP contribution is -2.09. The van der Waals surface area contributed by atoms with Crippen molar-refractivity contribution in [2.24, 2.45) is 0 Å². The molecule has 1 aromatic heterocycles. The second-order valence-corrected chi connectivity index (χ2v) is 5.34. The Kier molecular flexibility index (Phi) is 6.06. The van der Waals surface area contributed by atoms with Crippen LogP contribution in [0.3, 0.4) is 0 Å². The van der Waals surface area contributed by atoms with Crippen molar-refractivity contribution in [1.29, 1.82) is 0 Å². The van der Waals surface area contributed by atoms with Crippen molar-refractivity contribution in [3.63, 3.8) is 0 Å². The molecule has 0 aliphatic carbocycles. The molecule has 3 rings (SSSR count). The van der Waals surface area contributed by atoms with E-state index >= 15 is 0 Å². The van der Waals surface area contributed by atoms with E-state index in [4.69, 9.17) is 0 Å². The van der Waals surface area contributed by atoms with Crippen LogP contribution >= 0.6 is 0 Å². The zero-order chi connectivity index (χ0) is 16.6. The second-order valence-electron chi connectivity index (χ2n) is 5.34. The standard InChI is InChI=1S/C17H14F3N3.2H2O/c1-10-7-12-15(8-11(10)2)21-9-22-16(12)23-14-6-4-3-5-13(14)17(18,19)20;;/h3-9H,1-2H3,(H,21,22,23);2*1H2. The Balaban J connectivity index is 0.00000156. The number of halogens is 3. The highest BCUT2D eigenvalue weighted by Crippen LogP contribution is 2.36. The van der Waals surface area contributed by atoms with E-state index in [9.17, 15) is 13.2 Å². The first-order valence-corrected chi connectivity index (χ1v) is 7.01. The van der Waals surface area contributed by atoms with Crippen molar-refractivity contribution in [3.05, 3.63) is 59.4 Å². The third kappa shape index (κ3) is 4.04. The molecular weight excluding hydrogens is 335 g/mol. The van der Waals surface area contributed by atoms with E-state index in [1.165, 1.54) is 18.5 Å². The fourth-order valence-electron chi connectivity index (χ4n) is 2.38. The van der Waals surface area contributed by atoms with Gasteiger partial charge in [0.1, 0.15) is 12.1 Å². The molecule has 0 radical (unpaired) electrons. The molecule has 0 bridgehead atoms. The maximum absolute atomic E-state index is 13.1. The zero-order valence-electron chi connectivity index (χ0n) is 13.6. The molecule has 0 saturated carbocycles. The fourth-order valence-corrected chi connectivity index (χ4v) is 2.38. The van der Waals surface area contributed by atoms with Crippen LogP contribution < -0.4 is 5.32 Å². The van der Waals surface area contributed by atoms with Gasteiger partial charge in [-0.2, -0.15) is 13.2 Å². The van der Waals surface area contributed by atoms with Gasteiger partial charge in [0.15, 0.2) is 0 Å². The van der Waals surface area contributed by atoms with Crippen molar-refractivity contribution >= 4 is 22.4 Å². The highest BCUT2D eigenvalue weighted by atomic mass is 19.4. The summed E-state index contributed by atoms with van der Waals surface area (Å²) in [6.07, 6.45) is -3.09.